The number of hydrogen-bond acceptors (Lipinski definition) is 4. The van der Waals surface area contributed by atoms with Crippen LogP contribution >= 0.6 is 0 Å². The summed E-state index contributed by atoms with van der Waals surface area (Å²) in [5.74, 6) is 0.131. The first-order valence-corrected chi connectivity index (χ1v) is 6.43. The third-order valence-electron chi connectivity index (χ3n) is 2.96. The van der Waals surface area contributed by atoms with Gasteiger partial charge in [0.25, 0.3) is 0 Å². The van der Waals surface area contributed by atoms with E-state index in [-0.39, 0.29) is 11.9 Å². The minimum atomic E-state index is -0.552. The smallest absolute Gasteiger partial charge is 0.239 e. The largest absolute Gasteiger partial charge is 0.389 e. The molecule has 1 aliphatic rings. The first-order valence-electron chi connectivity index (χ1n) is 6.43. The lowest BCUT2D eigenvalue weighted by atomic mass is 10.2. The van der Waals surface area contributed by atoms with E-state index in [1.165, 1.54) is 0 Å². The van der Waals surface area contributed by atoms with Crippen LogP contribution in [-0.4, -0.2) is 60.9 Å². The minimum Gasteiger partial charge on any atom is -0.389 e. The Labute approximate surface area is 103 Å². The van der Waals surface area contributed by atoms with Crippen LogP contribution in [0.2, 0.25) is 0 Å². The third-order valence-corrected chi connectivity index (χ3v) is 2.96. The fourth-order valence-electron chi connectivity index (χ4n) is 1.92. The van der Waals surface area contributed by atoms with Gasteiger partial charge in [-0.05, 0) is 26.7 Å². The van der Waals surface area contributed by atoms with Gasteiger partial charge in [-0.2, -0.15) is 0 Å². The number of aliphatic hydroxyl groups excluding tert-OH is 1. The quantitative estimate of drug-likeness (QED) is 0.661. The zero-order chi connectivity index (χ0) is 12.7. The predicted octanol–water partition coefficient (Wildman–Crippen LogP) is -0.0157. The second-order valence-corrected chi connectivity index (χ2v) is 4.48. The molecule has 0 aliphatic carbocycles. The normalized spacial score (nSPS) is 19.4. The molecule has 0 bridgehead atoms. The van der Waals surface area contributed by atoms with Gasteiger partial charge in [-0.1, -0.05) is 0 Å². The van der Waals surface area contributed by atoms with Crippen molar-refractivity contribution in [1.29, 1.82) is 0 Å². The van der Waals surface area contributed by atoms with Crippen LogP contribution in [0.4, 0.5) is 0 Å². The number of carbonyl (C=O) groups excluding carboxylic acids is 1. The van der Waals surface area contributed by atoms with Crippen LogP contribution in [0, 0.1) is 0 Å². The minimum absolute atomic E-state index is 0.131. The van der Waals surface area contributed by atoms with Crippen molar-refractivity contribution in [2.75, 3.05) is 32.8 Å². The zero-order valence-electron chi connectivity index (χ0n) is 10.8. The molecule has 0 radical (unpaired) electrons. The second-order valence-electron chi connectivity index (χ2n) is 4.48. The van der Waals surface area contributed by atoms with E-state index in [0.29, 0.717) is 19.8 Å². The number of nitrogens with one attached hydrogen (secondary N) is 1. The molecule has 1 rings (SSSR count). The fraction of sp³-hybridized carbons (Fsp3) is 0.917. The highest BCUT2D eigenvalue weighted by Crippen LogP contribution is 2.08. The Kier molecular flexibility index (Phi) is 6.47. The van der Waals surface area contributed by atoms with Crippen molar-refractivity contribution in [3.8, 4) is 0 Å². The predicted molar refractivity (Wildman–Crippen MR) is 65.8 cm³/mol. The van der Waals surface area contributed by atoms with Crippen LogP contribution < -0.4 is 5.32 Å². The van der Waals surface area contributed by atoms with E-state index in [4.69, 9.17) is 4.74 Å². The number of hydrogen-bond donors (Lipinski definition) is 2. The highest BCUT2D eigenvalue weighted by molar-refractivity contribution is 5.81. The van der Waals surface area contributed by atoms with E-state index in [0.717, 1.165) is 25.9 Å². The topological polar surface area (TPSA) is 61.8 Å². The Morgan fingerprint density at radius 3 is 2.71 bits per heavy atom. The van der Waals surface area contributed by atoms with Crippen molar-refractivity contribution in [2.45, 2.75) is 38.8 Å². The van der Waals surface area contributed by atoms with Gasteiger partial charge in [0, 0.05) is 26.2 Å². The summed E-state index contributed by atoms with van der Waals surface area (Å²) >= 11 is 0. The molecule has 5 heteroatoms. The number of ether oxygens (including phenoxy) is 1. The second kappa shape index (κ2) is 7.63. The van der Waals surface area contributed by atoms with Crippen molar-refractivity contribution < 1.29 is 14.6 Å². The third kappa shape index (κ3) is 5.02. The van der Waals surface area contributed by atoms with Gasteiger partial charge in [0.2, 0.25) is 5.91 Å². The van der Waals surface area contributed by atoms with E-state index < -0.39 is 6.10 Å². The molecule has 1 heterocycles. The van der Waals surface area contributed by atoms with E-state index in [1.807, 2.05) is 18.7 Å². The SMILES string of the molecule is CCOCC(O)CNC(C)C(=O)N1CCCC1. The molecule has 100 valence electrons. The van der Waals surface area contributed by atoms with Gasteiger partial charge in [-0.3, -0.25) is 4.79 Å². The first kappa shape index (κ1) is 14.4. The Morgan fingerprint density at radius 2 is 2.12 bits per heavy atom. The van der Waals surface area contributed by atoms with E-state index in [9.17, 15) is 9.90 Å². The molecule has 0 aromatic rings. The average Bonchev–Trinajstić information content (AvgIpc) is 2.86. The molecule has 0 spiro atoms. The summed E-state index contributed by atoms with van der Waals surface area (Å²) in [6.45, 7) is 6.76. The number of amides is 1. The van der Waals surface area contributed by atoms with Crippen LogP contribution in [0.5, 0.6) is 0 Å². The number of rotatable bonds is 7. The number of likely N-dealkylation sites (tertiary alicyclic amines) is 1. The van der Waals surface area contributed by atoms with E-state index in [2.05, 4.69) is 5.32 Å². The summed E-state index contributed by atoms with van der Waals surface area (Å²) < 4.78 is 5.10. The molecule has 1 saturated heterocycles. The summed E-state index contributed by atoms with van der Waals surface area (Å²) in [5, 5.41) is 12.6. The summed E-state index contributed by atoms with van der Waals surface area (Å²) in [6.07, 6.45) is 1.65. The lowest BCUT2D eigenvalue weighted by Crippen LogP contribution is -2.46. The lowest BCUT2D eigenvalue weighted by molar-refractivity contribution is -0.132. The number of nitrogens with zero attached hydrogens (tertiary/aromatic N) is 1. The van der Waals surface area contributed by atoms with Gasteiger partial charge in [-0.15, -0.1) is 0 Å². The van der Waals surface area contributed by atoms with Crippen molar-refractivity contribution >= 4 is 5.91 Å². The van der Waals surface area contributed by atoms with Crippen LogP contribution in [0.1, 0.15) is 26.7 Å². The average molecular weight is 244 g/mol. The molecule has 5 nitrogen and oxygen atoms in total. The lowest BCUT2D eigenvalue weighted by Gasteiger charge is -2.22. The van der Waals surface area contributed by atoms with Gasteiger partial charge < -0.3 is 20.1 Å². The Hall–Kier alpha value is -0.650. The van der Waals surface area contributed by atoms with Gasteiger partial charge in [-0.25, -0.2) is 0 Å². The molecule has 17 heavy (non-hydrogen) atoms. The van der Waals surface area contributed by atoms with Crippen LogP contribution in [0.25, 0.3) is 0 Å². The maximum Gasteiger partial charge on any atom is 0.239 e. The van der Waals surface area contributed by atoms with Crippen molar-refractivity contribution in [1.82, 2.24) is 10.2 Å². The van der Waals surface area contributed by atoms with E-state index >= 15 is 0 Å². The molecule has 0 saturated carbocycles. The maximum absolute atomic E-state index is 11.9. The summed E-state index contributed by atoms with van der Waals surface area (Å²) in [4.78, 5) is 13.8. The van der Waals surface area contributed by atoms with Gasteiger partial charge in [0.1, 0.15) is 0 Å². The number of carbonyl (C=O) groups is 1. The molecule has 0 aromatic heterocycles. The Balaban J connectivity index is 2.19. The summed E-state index contributed by atoms with van der Waals surface area (Å²) in [6, 6.07) is -0.232. The van der Waals surface area contributed by atoms with Gasteiger partial charge in [0.05, 0.1) is 18.8 Å². The molecule has 2 N–H and O–H groups in total. The highest BCUT2D eigenvalue weighted by Gasteiger charge is 2.23. The molecule has 2 atom stereocenters. The van der Waals surface area contributed by atoms with Gasteiger partial charge >= 0.3 is 0 Å². The monoisotopic (exact) mass is 244 g/mol. The van der Waals surface area contributed by atoms with Crippen molar-refractivity contribution in [3.63, 3.8) is 0 Å². The fourth-order valence-corrected chi connectivity index (χ4v) is 1.92. The standard InChI is InChI=1S/C12H24N2O3/c1-3-17-9-11(15)8-13-10(2)12(16)14-6-4-5-7-14/h10-11,13,15H,3-9H2,1-2H3. The van der Waals surface area contributed by atoms with Crippen LogP contribution in [0.3, 0.4) is 0 Å². The number of aliphatic hydroxyl groups is 1. The first-order chi connectivity index (χ1) is 8.15. The van der Waals surface area contributed by atoms with E-state index in [1.54, 1.807) is 0 Å². The Bertz CT molecular complexity index is 230. The molecular formula is C12H24N2O3. The van der Waals surface area contributed by atoms with Gasteiger partial charge in [0.15, 0.2) is 0 Å². The van der Waals surface area contributed by atoms with Crippen molar-refractivity contribution in [3.05, 3.63) is 0 Å². The summed E-state index contributed by atoms with van der Waals surface area (Å²) in [5.41, 5.74) is 0. The molecule has 1 fully saturated rings. The molecule has 1 amide bonds. The Morgan fingerprint density at radius 1 is 1.47 bits per heavy atom. The molecule has 2 unspecified atom stereocenters. The van der Waals surface area contributed by atoms with Crippen LogP contribution in [0.15, 0.2) is 0 Å². The highest BCUT2D eigenvalue weighted by atomic mass is 16.5. The molecule has 0 aromatic carbocycles. The van der Waals surface area contributed by atoms with Crippen LogP contribution in [-0.2, 0) is 9.53 Å². The molecular weight excluding hydrogens is 220 g/mol. The zero-order valence-corrected chi connectivity index (χ0v) is 10.8. The summed E-state index contributed by atoms with van der Waals surface area (Å²) in [7, 11) is 0. The maximum atomic E-state index is 11.9. The van der Waals surface area contributed by atoms with Crippen molar-refractivity contribution in [2.24, 2.45) is 0 Å². The molecule has 1 aliphatic heterocycles.